The Balaban J connectivity index is 2.02. The third-order valence-electron chi connectivity index (χ3n) is 2.57. The zero-order chi connectivity index (χ0) is 13.0. The molecule has 1 heterocycles. The molecule has 0 saturated carbocycles. The fourth-order valence-corrected chi connectivity index (χ4v) is 1.73. The van der Waals surface area contributed by atoms with Crippen molar-refractivity contribution in [3.8, 4) is 11.3 Å². The van der Waals surface area contributed by atoms with Crippen LogP contribution in [0, 0.1) is 5.92 Å². The minimum atomic E-state index is 0.0549. The van der Waals surface area contributed by atoms with Gasteiger partial charge in [0.05, 0.1) is 18.2 Å². The minimum absolute atomic E-state index is 0.0549. The number of benzene rings is 1. The van der Waals surface area contributed by atoms with E-state index in [2.05, 4.69) is 15.3 Å². The predicted octanol–water partition coefficient (Wildman–Crippen LogP) is 3.06. The zero-order valence-corrected chi connectivity index (χ0v) is 10.6. The number of anilines is 1. The molecule has 0 aliphatic rings. The zero-order valence-electron chi connectivity index (χ0n) is 10.6. The summed E-state index contributed by atoms with van der Waals surface area (Å²) in [6, 6.07) is 7.71. The number of aromatic nitrogens is 2. The fraction of sp³-hybridized carbons (Fsp3) is 0.286. The summed E-state index contributed by atoms with van der Waals surface area (Å²) >= 11 is 0. The first-order valence-electron chi connectivity index (χ1n) is 6.04. The Bertz CT molecular complexity index is 500. The largest absolute Gasteiger partial charge is 0.345 e. The van der Waals surface area contributed by atoms with E-state index in [-0.39, 0.29) is 5.91 Å². The molecule has 2 N–H and O–H groups in total. The van der Waals surface area contributed by atoms with Gasteiger partial charge in [-0.15, -0.1) is 0 Å². The van der Waals surface area contributed by atoms with Crippen LogP contribution in [0.1, 0.15) is 20.3 Å². The molecule has 4 nitrogen and oxygen atoms in total. The Labute approximate surface area is 106 Å². The van der Waals surface area contributed by atoms with Crippen molar-refractivity contribution in [2.24, 2.45) is 5.92 Å². The van der Waals surface area contributed by atoms with Gasteiger partial charge in [-0.1, -0.05) is 26.0 Å². The Hall–Kier alpha value is -2.10. The van der Waals surface area contributed by atoms with Gasteiger partial charge in [0, 0.05) is 12.1 Å². The van der Waals surface area contributed by atoms with E-state index in [1.165, 1.54) is 0 Å². The Kier molecular flexibility index (Phi) is 3.77. The molecule has 0 spiro atoms. The lowest BCUT2D eigenvalue weighted by molar-refractivity contribution is -0.116. The van der Waals surface area contributed by atoms with Crippen molar-refractivity contribution in [1.29, 1.82) is 0 Å². The Morgan fingerprint density at radius 1 is 1.33 bits per heavy atom. The van der Waals surface area contributed by atoms with Gasteiger partial charge in [0.15, 0.2) is 0 Å². The van der Waals surface area contributed by atoms with Crippen LogP contribution in [0.4, 0.5) is 5.69 Å². The van der Waals surface area contributed by atoms with Gasteiger partial charge in [0.25, 0.3) is 0 Å². The van der Waals surface area contributed by atoms with Crippen LogP contribution in [0.15, 0.2) is 36.8 Å². The molecule has 0 aliphatic carbocycles. The van der Waals surface area contributed by atoms with Crippen molar-refractivity contribution in [2.45, 2.75) is 20.3 Å². The molecule has 94 valence electrons. The molecule has 2 aromatic rings. The van der Waals surface area contributed by atoms with Crippen LogP contribution in [0.5, 0.6) is 0 Å². The first kappa shape index (κ1) is 12.4. The highest BCUT2D eigenvalue weighted by Gasteiger charge is 2.05. The third kappa shape index (κ3) is 3.20. The number of carbonyl (C=O) groups is 1. The van der Waals surface area contributed by atoms with Crippen LogP contribution in [-0.2, 0) is 4.79 Å². The normalized spacial score (nSPS) is 10.6. The van der Waals surface area contributed by atoms with Gasteiger partial charge >= 0.3 is 0 Å². The number of nitrogens with zero attached hydrogens (tertiary/aromatic N) is 1. The average molecular weight is 243 g/mol. The first-order valence-corrected chi connectivity index (χ1v) is 6.04. The van der Waals surface area contributed by atoms with Crippen LogP contribution >= 0.6 is 0 Å². The third-order valence-corrected chi connectivity index (χ3v) is 2.57. The van der Waals surface area contributed by atoms with Gasteiger partial charge in [-0.3, -0.25) is 4.79 Å². The number of hydrogen-bond donors (Lipinski definition) is 2. The molecule has 1 aromatic carbocycles. The van der Waals surface area contributed by atoms with E-state index >= 15 is 0 Å². The van der Waals surface area contributed by atoms with Gasteiger partial charge in [0.2, 0.25) is 5.91 Å². The SMILES string of the molecule is CC(C)CC(=O)Nc1ccc(-c2cnc[nH]2)cc1. The van der Waals surface area contributed by atoms with Gasteiger partial charge in [-0.05, 0) is 23.6 Å². The predicted molar refractivity (Wildman–Crippen MR) is 72.1 cm³/mol. The summed E-state index contributed by atoms with van der Waals surface area (Å²) in [5, 5.41) is 2.88. The van der Waals surface area contributed by atoms with Crippen LogP contribution in [0.25, 0.3) is 11.3 Å². The fourth-order valence-electron chi connectivity index (χ4n) is 1.73. The van der Waals surface area contributed by atoms with E-state index in [0.717, 1.165) is 16.9 Å². The maximum atomic E-state index is 11.6. The molecule has 0 fully saturated rings. The highest BCUT2D eigenvalue weighted by atomic mass is 16.1. The summed E-state index contributed by atoms with van der Waals surface area (Å²) in [6.07, 6.45) is 3.96. The molecule has 4 heteroatoms. The number of imidazole rings is 1. The van der Waals surface area contributed by atoms with Crippen molar-refractivity contribution in [1.82, 2.24) is 9.97 Å². The van der Waals surface area contributed by atoms with Crippen LogP contribution < -0.4 is 5.32 Å². The van der Waals surface area contributed by atoms with Crippen LogP contribution in [0.2, 0.25) is 0 Å². The number of nitrogens with one attached hydrogen (secondary N) is 2. The molecule has 0 aliphatic heterocycles. The summed E-state index contributed by atoms with van der Waals surface area (Å²) in [6.45, 7) is 4.06. The molecular formula is C14H17N3O. The monoisotopic (exact) mass is 243 g/mol. The highest BCUT2D eigenvalue weighted by molar-refractivity contribution is 5.91. The number of amides is 1. The van der Waals surface area contributed by atoms with Crippen molar-refractivity contribution < 1.29 is 4.79 Å². The average Bonchev–Trinajstić information content (AvgIpc) is 2.82. The second kappa shape index (κ2) is 5.49. The Morgan fingerprint density at radius 2 is 2.06 bits per heavy atom. The highest BCUT2D eigenvalue weighted by Crippen LogP contribution is 2.19. The number of carbonyl (C=O) groups excluding carboxylic acids is 1. The van der Waals surface area contributed by atoms with Gasteiger partial charge < -0.3 is 10.3 Å². The molecule has 2 rings (SSSR count). The lowest BCUT2D eigenvalue weighted by Gasteiger charge is -2.07. The summed E-state index contributed by atoms with van der Waals surface area (Å²) in [5.74, 6) is 0.425. The quantitative estimate of drug-likeness (QED) is 0.867. The van der Waals surface area contributed by atoms with E-state index in [9.17, 15) is 4.79 Å². The number of H-pyrrole nitrogens is 1. The maximum absolute atomic E-state index is 11.6. The van der Waals surface area contributed by atoms with Crippen molar-refractivity contribution in [3.05, 3.63) is 36.8 Å². The summed E-state index contributed by atoms with van der Waals surface area (Å²) in [4.78, 5) is 18.6. The topological polar surface area (TPSA) is 57.8 Å². The van der Waals surface area contributed by atoms with Crippen LogP contribution in [-0.4, -0.2) is 15.9 Å². The lowest BCUT2D eigenvalue weighted by atomic mass is 10.1. The molecule has 0 unspecified atom stereocenters. The lowest BCUT2D eigenvalue weighted by Crippen LogP contribution is -2.13. The number of rotatable bonds is 4. The summed E-state index contributed by atoms with van der Waals surface area (Å²) < 4.78 is 0. The van der Waals surface area contributed by atoms with E-state index < -0.39 is 0 Å². The van der Waals surface area contributed by atoms with E-state index in [1.807, 2.05) is 38.1 Å². The maximum Gasteiger partial charge on any atom is 0.224 e. The molecule has 0 radical (unpaired) electrons. The van der Waals surface area contributed by atoms with Crippen molar-refractivity contribution in [3.63, 3.8) is 0 Å². The number of hydrogen-bond acceptors (Lipinski definition) is 2. The molecule has 0 atom stereocenters. The molecule has 0 saturated heterocycles. The van der Waals surface area contributed by atoms with Crippen LogP contribution in [0.3, 0.4) is 0 Å². The Morgan fingerprint density at radius 3 is 2.61 bits per heavy atom. The van der Waals surface area contributed by atoms with E-state index in [4.69, 9.17) is 0 Å². The minimum Gasteiger partial charge on any atom is -0.345 e. The van der Waals surface area contributed by atoms with Gasteiger partial charge in [0.1, 0.15) is 0 Å². The van der Waals surface area contributed by atoms with Gasteiger partial charge in [-0.2, -0.15) is 0 Å². The summed E-state index contributed by atoms with van der Waals surface area (Å²) in [5.41, 5.74) is 2.84. The van der Waals surface area contributed by atoms with Crippen molar-refractivity contribution in [2.75, 3.05) is 5.32 Å². The van der Waals surface area contributed by atoms with Crippen molar-refractivity contribution >= 4 is 11.6 Å². The first-order chi connectivity index (χ1) is 8.65. The van der Waals surface area contributed by atoms with E-state index in [0.29, 0.717) is 12.3 Å². The van der Waals surface area contributed by atoms with Gasteiger partial charge in [-0.25, -0.2) is 4.98 Å². The van der Waals surface area contributed by atoms with E-state index in [1.54, 1.807) is 12.5 Å². The molecule has 0 bridgehead atoms. The molecule has 18 heavy (non-hydrogen) atoms. The summed E-state index contributed by atoms with van der Waals surface area (Å²) in [7, 11) is 0. The molecule has 1 aromatic heterocycles. The number of aromatic amines is 1. The second-order valence-electron chi connectivity index (χ2n) is 4.69. The molecular weight excluding hydrogens is 226 g/mol. The molecule has 1 amide bonds. The smallest absolute Gasteiger partial charge is 0.224 e. The standard InChI is InChI=1S/C14H17N3O/c1-10(2)7-14(18)17-12-5-3-11(4-6-12)13-8-15-9-16-13/h3-6,8-10H,7H2,1-2H3,(H,15,16)(H,17,18). The second-order valence-corrected chi connectivity index (χ2v) is 4.69.